The Morgan fingerprint density at radius 2 is 1.84 bits per heavy atom. The maximum atomic E-state index is 5.74. The molecule has 0 atom stereocenters. The van der Waals surface area contributed by atoms with Crippen LogP contribution in [0.2, 0.25) is 0 Å². The average Bonchev–Trinajstić information content (AvgIpc) is 2.97. The van der Waals surface area contributed by atoms with Crippen molar-refractivity contribution in [2.75, 3.05) is 31.6 Å². The van der Waals surface area contributed by atoms with E-state index in [0.717, 1.165) is 55.7 Å². The van der Waals surface area contributed by atoms with Gasteiger partial charge in [-0.15, -0.1) is 0 Å². The zero-order chi connectivity index (χ0) is 23.5. The molecule has 0 saturated carbocycles. The molecule has 0 radical (unpaired) electrons. The van der Waals surface area contributed by atoms with Gasteiger partial charge in [-0.05, 0) is 76.3 Å². The first-order valence-electron chi connectivity index (χ1n) is 11.6. The summed E-state index contributed by atoms with van der Waals surface area (Å²) in [5, 5.41) is 11.4. The Balaban J connectivity index is 1.96. The Hall–Kier alpha value is -2.54. The second kappa shape index (κ2) is 13.1. The number of guanidine groups is 1. The van der Waals surface area contributed by atoms with Gasteiger partial charge in [-0.1, -0.05) is 13.8 Å². The highest BCUT2D eigenvalue weighted by Gasteiger charge is 2.09. The highest BCUT2D eigenvalue weighted by molar-refractivity contribution is 5.93. The molecule has 1 aromatic heterocycles. The zero-order valence-electron chi connectivity index (χ0n) is 20.9. The van der Waals surface area contributed by atoms with Gasteiger partial charge in [-0.25, -0.2) is 0 Å². The minimum Gasteiger partial charge on any atom is -0.491 e. The molecular formula is C25H41N5O2. The molecule has 2 aromatic rings. The fraction of sp³-hybridized carbons (Fsp3) is 0.600. The van der Waals surface area contributed by atoms with E-state index in [1.54, 1.807) is 0 Å². The molecule has 2 N–H and O–H groups in total. The van der Waals surface area contributed by atoms with Crippen molar-refractivity contribution < 1.29 is 9.47 Å². The smallest absolute Gasteiger partial charge is 0.195 e. The maximum absolute atomic E-state index is 5.74. The fourth-order valence-electron chi connectivity index (χ4n) is 3.33. The van der Waals surface area contributed by atoms with E-state index in [-0.39, 0.29) is 6.10 Å². The second-order valence-corrected chi connectivity index (χ2v) is 8.82. The summed E-state index contributed by atoms with van der Waals surface area (Å²) in [6, 6.07) is 7.97. The molecule has 0 aliphatic carbocycles. The van der Waals surface area contributed by atoms with Gasteiger partial charge in [0.1, 0.15) is 5.75 Å². The van der Waals surface area contributed by atoms with Crippen LogP contribution in [0.1, 0.15) is 51.1 Å². The minimum absolute atomic E-state index is 0.157. The molecule has 0 unspecified atom stereocenters. The van der Waals surface area contributed by atoms with E-state index >= 15 is 0 Å². The van der Waals surface area contributed by atoms with Gasteiger partial charge in [0.15, 0.2) is 5.96 Å². The van der Waals surface area contributed by atoms with Crippen LogP contribution >= 0.6 is 0 Å². The first-order valence-corrected chi connectivity index (χ1v) is 11.6. The number of benzene rings is 1. The molecule has 0 saturated heterocycles. The molecule has 0 bridgehead atoms. The lowest BCUT2D eigenvalue weighted by Crippen LogP contribution is -2.33. The molecule has 0 spiro atoms. The van der Waals surface area contributed by atoms with Gasteiger partial charge in [-0.3, -0.25) is 9.67 Å². The number of aromatic nitrogens is 2. The lowest BCUT2D eigenvalue weighted by atomic mass is 10.1. The van der Waals surface area contributed by atoms with E-state index in [1.165, 1.54) is 11.3 Å². The van der Waals surface area contributed by atoms with Crippen LogP contribution < -0.4 is 15.4 Å². The molecule has 178 valence electrons. The number of anilines is 1. The molecular weight excluding hydrogens is 402 g/mol. The van der Waals surface area contributed by atoms with Crippen molar-refractivity contribution in [2.24, 2.45) is 18.0 Å². The molecule has 1 aromatic carbocycles. The van der Waals surface area contributed by atoms with Crippen LogP contribution in [-0.4, -0.2) is 48.1 Å². The number of nitrogens with one attached hydrogen (secondary N) is 2. The average molecular weight is 444 g/mol. The summed E-state index contributed by atoms with van der Waals surface area (Å²) in [5.74, 6) is 2.19. The summed E-state index contributed by atoms with van der Waals surface area (Å²) in [4.78, 5) is 4.75. The molecule has 32 heavy (non-hydrogen) atoms. The predicted molar refractivity (Wildman–Crippen MR) is 133 cm³/mol. The number of aryl methyl sites for hydroxylation is 2. The highest BCUT2D eigenvalue weighted by atomic mass is 16.5. The number of ether oxygens (including phenoxy) is 2. The first kappa shape index (κ1) is 25.7. The molecule has 0 aliphatic rings. The summed E-state index contributed by atoms with van der Waals surface area (Å²) < 4.78 is 13.4. The standard InChI is InChI=1S/C25H41N5O2/c1-18(2)17-31-16-8-14-26-25(27-15-13-24-20(5)29-30(7)21(24)6)28-22-9-11-23(12-10-22)32-19(3)4/h9-12,18-19H,8,13-17H2,1-7H3,(H2,26,27,28). The molecule has 7 nitrogen and oxygen atoms in total. The minimum atomic E-state index is 0.157. The van der Waals surface area contributed by atoms with E-state index in [0.29, 0.717) is 12.5 Å². The van der Waals surface area contributed by atoms with Gasteiger partial charge < -0.3 is 20.1 Å². The van der Waals surface area contributed by atoms with Gasteiger partial charge in [0.05, 0.1) is 11.8 Å². The van der Waals surface area contributed by atoms with Crippen molar-refractivity contribution in [1.29, 1.82) is 0 Å². The van der Waals surface area contributed by atoms with Crippen LogP contribution in [0.5, 0.6) is 5.75 Å². The van der Waals surface area contributed by atoms with Crippen LogP contribution in [-0.2, 0) is 18.2 Å². The normalized spacial score (nSPS) is 12.0. The van der Waals surface area contributed by atoms with Crippen LogP contribution in [0.25, 0.3) is 0 Å². The Bertz CT molecular complexity index is 841. The molecule has 0 amide bonds. The van der Waals surface area contributed by atoms with E-state index in [1.807, 2.05) is 49.8 Å². The number of aliphatic imine (C=N–C) groups is 1. The van der Waals surface area contributed by atoms with Gasteiger partial charge in [0.2, 0.25) is 0 Å². The van der Waals surface area contributed by atoms with Crippen LogP contribution in [0.3, 0.4) is 0 Å². The Kier molecular flexibility index (Phi) is 10.5. The van der Waals surface area contributed by atoms with Crippen molar-refractivity contribution in [3.8, 4) is 5.75 Å². The third-order valence-corrected chi connectivity index (χ3v) is 4.98. The van der Waals surface area contributed by atoms with E-state index in [4.69, 9.17) is 14.5 Å². The molecule has 7 heteroatoms. The van der Waals surface area contributed by atoms with Gasteiger partial charge in [-0.2, -0.15) is 5.10 Å². The van der Waals surface area contributed by atoms with Crippen molar-refractivity contribution in [3.63, 3.8) is 0 Å². The topological polar surface area (TPSA) is 72.7 Å². The lowest BCUT2D eigenvalue weighted by Gasteiger charge is -2.14. The summed E-state index contributed by atoms with van der Waals surface area (Å²) in [6.07, 6.45) is 1.94. The monoisotopic (exact) mass is 443 g/mol. The third-order valence-electron chi connectivity index (χ3n) is 4.98. The van der Waals surface area contributed by atoms with Crippen LogP contribution in [0, 0.1) is 19.8 Å². The largest absolute Gasteiger partial charge is 0.491 e. The first-order chi connectivity index (χ1) is 15.3. The van der Waals surface area contributed by atoms with Crippen molar-refractivity contribution in [1.82, 2.24) is 15.1 Å². The number of nitrogens with zero attached hydrogens (tertiary/aromatic N) is 3. The van der Waals surface area contributed by atoms with E-state index in [9.17, 15) is 0 Å². The van der Waals surface area contributed by atoms with Crippen molar-refractivity contribution >= 4 is 11.6 Å². The molecule has 2 rings (SSSR count). The number of hydrogen-bond acceptors (Lipinski definition) is 4. The summed E-state index contributed by atoms with van der Waals surface area (Å²) in [5.41, 5.74) is 4.55. The fourth-order valence-corrected chi connectivity index (χ4v) is 3.33. The summed E-state index contributed by atoms with van der Waals surface area (Å²) >= 11 is 0. The quantitative estimate of drug-likeness (QED) is 0.287. The maximum Gasteiger partial charge on any atom is 0.195 e. The van der Waals surface area contributed by atoms with Gasteiger partial charge >= 0.3 is 0 Å². The predicted octanol–water partition coefficient (Wildman–Crippen LogP) is 4.49. The summed E-state index contributed by atoms with van der Waals surface area (Å²) in [7, 11) is 1.99. The van der Waals surface area contributed by atoms with Crippen LogP contribution in [0.15, 0.2) is 29.3 Å². The third kappa shape index (κ3) is 8.91. The number of rotatable bonds is 12. The SMILES string of the molecule is Cc1nn(C)c(C)c1CCNC(=NCCCOCC(C)C)Nc1ccc(OC(C)C)cc1. The van der Waals surface area contributed by atoms with E-state index < -0.39 is 0 Å². The van der Waals surface area contributed by atoms with Crippen LogP contribution in [0.4, 0.5) is 5.69 Å². The van der Waals surface area contributed by atoms with E-state index in [2.05, 4.69) is 43.4 Å². The Labute approximate surface area is 193 Å². The van der Waals surface area contributed by atoms with Gasteiger partial charge in [0.25, 0.3) is 0 Å². The molecule has 1 heterocycles. The van der Waals surface area contributed by atoms with Crippen molar-refractivity contribution in [3.05, 3.63) is 41.2 Å². The molecule has 0 fully saturated rings. The lowest BCUT2D eigenvalue weighted by molar-refractivity contribution is 0.109. The zero-order valence-corrected chi connectivity index (χ0v) is 20.9. The molecule has 0 aliphatic heterocycles. The van der Waals surface area contributed by atoms with Gasteiger partial charge in [0, 0.05) is 44.7 Å². The second-order valence-electron chi connectivity index (χ2n) is 8.82. The highest BCUT2D eigenvalue weighted by Crippen LogP contribution is 2.17. The Morgan fingerprint density at radius 3 is 2.44 bits per heavy atom. The summed E-state index contributed by atoms with van der Waals surface area (Å²) in [6.45, 7) is 15.5. The Morgan fingerprint density at radius 1 is 1.12 bits per heavy atom. The van der Waals surface area contributed by atoms with Crippen molar-refractivity contribution in [2.45, 2.75) is 60.5 Å². The number of hydrogen-bond donors (Lipinski definition) is 2.